The van der Waals surface area contributed by atoms with Gasteiger partial charge in [-0.05, 0) is 57.6 Å². The first kappa shape index (κ1) is 23.1. The van der Waals surface area contributed by atoms with Crippen molar-refractivity contribution in [1.82, 2.24) is 10.2 Å². The van der Waals surface area contributed by atoms with Crippen LogP contribution in [0.3, 0.4) is 0 Å². The number of amides is 1. The van der Waals surface area contributed by atoms with Crippen LogP contribution in [0.5, 0.6) is 5.75 Å². The van der Waals surface area contributed by atoms with Gasteiger partial charge in [-0.15, -0.1) is 0 Å². The highest BCUT2D eigenvalue weighted by Crippen LogP contribution is 2.27. The Labute approximate surface area is 174 Å². The minimum absolute atomic E-state index is 0.0225. The van der Waals surface area contributed by atoms with Crippen LogP contribution >= 0.6 is 0 Å². The van der Waals surface area contributed by atoms with Crippen molar-refractivity contribution in [3.63, 3.8) is 0 Å². The molecule has 1 aliphatic rings. The van der Waals surface area contributed by atoms with Crippen LogP contribution in [-0.2, 0) is 4.79 Å². The van der Waals surface area contributed by atoms with E-state index in [9.17, 15) is 18.8 Å². The van der Waals surface area contributed by atoms with E-state index in [0.29, 0.717) is 11.7 Å². The zero-order valence-corrected chi connectivity index (χ0v) is 16.9. The number of hydrogen-bond donors (Lipinski definition) is 3. The van der Waals surface area contributed by atoms with E-state index in [2.05, 4.69) is 26.0 Å². The summed E-state index contributed by atoms with van der Waals surface area (Å²) in [4.78, 5) is 18.1. The summed E-state index contributed by atoms with van der Waals surface area (Å²) in [5, 5.41) is 12.6. The monoisotopic (exact) mass is 420 g/mol. The summed E-state index contributed by atoms with van der Waals surface area (Å²) in [6.45, 7) is -2.93. The van der Waals surface area contributed by atoms with Crippen LogP contribution in [0.4, 0.5) is 14.5 Å². The number of alkyl halides is 2. The summed E-state index contributed by atoms with van der Waals surface area (Å²) in [5.41, 5.74) is 11.7. The number of nitrogens with one attached hydrogen (secondary N) is 1. The van der Waals surface area contributed by atoms with Crippen LogP contribution < -0.4 is 21.5 Å². The van der Waals surface area contributed by atoms with Gasteiger partial charge in [-0.25, -0.2) is 4.99 Å². The fourth-order valence-electron chi connectivity index (χ4n) is 3.32. The lowest BCUT2D eigenvalue weighted by atomic mass is 9.82. The van der Waals surface area contributed by atoms with Gasteiger partial charge in [0, 0.05) is 18.3 Å². The molecule has 5 N–H and O–H groups in total. The molecule has 162 valence electrons. The number of carbonyl (C=O) groups is 1. The fourth-order valence-corrected chi connectivity index (χ4v) is 3.32. The summed E-state index contributed by atoms with van der Waals surface area (Å²) in [7, 11) is 3.97. The molecule has 3 atom stereocenters. The number of benzene rings is 1. The number of amidine groups is 1. The zero-order valence-electron chi connectivity index (χ0n) is 16.9. The predicted molar refractivity (Wildman–Crippen MR) is 109 cm³/mol. The number of nitrogens with two attached hydrogens (primary N) is 2. The van der Waals surface area contributed by atoms with Crippen molar-refractivity contribution in [3.8, 4) is 11.8 Å². The average Bonchev–Trinajstić information content (AvgIpc) is 2.68. The molecule has 1 aliphatic carbocycles. The van der Waals surface area contributed by atoms with Gasteiger partial charge >= 0.3 is 6.61 Å². The van der Waals surface area contributed by atoms with Gasteiger partial charge < -0.3 is 26.4 Å². The standard InChI is InChI=1S/C20H26F2N6O2/c1-28(2)14-5-8-17(12(9-14)10-23)26-11-16(19(25)29)18(24)27-13-3-6-15(7-4-13)30-20(21)22/h3-4,6-7,11-12,14,17,20,26H,5,8-9H2,1-2H3,(H2,24,27)(H2,25,29)/b16-11+/t12-,14+,17+/m1/s1. The molecule has 0 aromatic heterocycles. The number of carbonyl (C=O) groups excluding carboxylic acids is 1. The number of nitriles is 1. The molecule has 0 saturated heterocycles. The molecular formula is C20H26F2N6O2. The Bertz CT molecular complexity index is 833. The van der Waals surface area contributed by atoms with Crippen molar-refractivity contribution in [1.29, 1.82) is 5.26 Å². The second-order valence-corrected chi connectivity index (χ2v) is 7.23. The predicted octanol–water partition coefficient (Wildman–Crippen LogP) is 1.86. The van der Waals surface area contributed by atoms with E-state index < -0.39 is 12.5 Å². The minimum atomic E-state index is -2.93. The number of hydrogen-bond acceptors (Lipinski definition) is 6. The molecule has 1 saturated carbocycles. The first-order chi connectivity index (χ1) is 14.2. The molecule has 1 fully saturated rings. The average molecular weight is 420 g/mol. The number of aliphatic imine (C=N–C) groups is 1. The van der Waals surface area contributed by atoms with Gasteiger partial charge in [0.15, 0.2) is 0 Å². The van der Waals surface area contributed by atoms with Gasteiger partial charge in [0.05, 0.1) is 23.2 Å². The molecule has 8 nitrogen and oxygen atoms in total. The third kappa shape index (κ3) is 6.42. The van der Waals surface area contributed by atoms with Gasteiger partial charge in [-0.3, -0.25) is 4.79 Å². The second kappa shape index (κ2) is 10.5. The molecular weight excluding hydrogens is 394 g/mol. The summed E-state index contributed by atoms with van der Waals surface area (Å²) in [6, 6.07) is 7.97. The van der Waals surface area contributed by atoms with Gasteiger partial charge in [0.25, 0.3) is 5.91 Å². The van der Waals surface area contributed by atoms with E-state index in [4.69, 9.17) is 11.5 Å². The third-order valence-corrected chi connectivity index (χ3v) is 5.01. The normalized spacial score (nSPS) is 22.6. The summed E-state index contributed by atoms with van der Waals surface area (Å²) >= 11 is 0. The molecule has 0 radical (unpaired) electrons. The molecule has 0 heterocycles. The van der Waals surface area contributed by atoms with E-state index in [0.717, 1.165) is 19.3 Å². The number of nitrogens with zero attached hydrogens (tertiary/aromatic N) is 3. The molecule has 1 amide bonds. The summed E-state index contributed by atoms with van der Waals surface area (Å²) in [6.07, 6.45) is 3.78. The Hall–Kier alpha value is -3.19. The topological polar surface area (TPSA) is 130 Å². The SMILES string of the molecule is CN(C)[C@H]1CC[C@H](N/C=C(/C(N)=O)C(N)=Nc2ccc(OC(F)F)cc2)[C@@H](C#N)C1. The van der Waals surface area contributed by atoms with Gasteiger partial charge in [-0.1, -0.05) is 0 Å². The lowest BCUT2D eigenvalue weighted by molar-refractivity contribution is -0.114. The highest BCUT2D eigenvalue weighted by Gasteiger charge is 2.31. The van der Waals surface area contributed by atoms with Crippen molar-refractivity contribution in [2.24, 2.45) is 22.4 Å². The maximum atomic E-state index is 12.2. The van der Waals surface area contributed by atoms with Crippen LogP contribution in [0.1, 0.15) is 19.3 Å². The Morgan fingerprint density at radius 1 is 1.33 bits per heavy atom. The summed E-state index contributed by atoms with van der Waals surface area (Å²) < 4.78 is 28.7. The molecule has 2 rings (SSSR count). The van der Waals surface area contributed by atoms with E-state index in [-0.39, 0.29) is 29.1 Å². The number of ether oxygens (including phenoxy) is 1. The highest BCUT2D eigenvalue weighted by atomic mass is 19.3. The number of rotatable bonds is 8. The van der Waals surface area contributed by atoms with Crippen molar-refractivity contribution >= 4 is 17.4 Å². The minimum Gasteiger partial charge on any atom is -0.435 e. The van der Waals surface area contributed by atoms with Gasteiger partial charge in [0.2, 0.25) is 0 Å². The first-order valence-corrected chi connectivity index (χ1v) is 9.42. The Kier molecular flexibility index (Phi) is 8.12. The van der Waals surface area contributed by atoms with Crippen molar-refractivity contribution in [2.75, 3.05) is 14.1 Å². The Morgan fingerprint density at radius 3 is 2.53 bits per heavy atom. The van der Waals surface area contributed by atoms with Crippen LogP contribution in [0.15, 0.2) is 41.0 Å². The molecule has 0 unspecified atom stereocenters. The van der Waals surface area contributed by atoms with Gasteiger partial charge in [-0.2, -0.15) is 14.0 Å². The first-order valence-electron chi connectivity index (χ1n) is 9.42. The highest BCUT2D eigenvalue weighted by molar-refractivity contribution is 6.20. The molecule has 30 heavy (non-hydrogen) atoms. The van der Waals surface area contributed by atoms with Crippen LogP contribution in [0.25, 0.3) is 0 Å². The van der Waals surface area contributed by atoms with Gasteiger partial charge in [0.1, 0.15) is 11.6 Å². The van der Waals surface area contributed by atoms with E-state index in [1.165, 1.54) is 30.5 Å². The van der Waals surface area contributed by atoms with Crippen molar-refractivity contribution in [3.05, 3.63) is 36.0 Å². The molecule has 10 heteroatoms. The van der Waals surface area contributed by atoms with Crippen molar-refractivity contribution in [2.45, 2.75) is 38.0 Å². The number of primary amides is 1. The molecule has 0 aliphatic heterocycles. The molecule has 1 aromatic carbocycles. The van der Waals surface area contributed by atoms with E-state index in [1.807, 2.05) is 14.1 Å². The lowest BCUT2D eigenvalue weighted by Crippen LogP contribution is -2.44. The zero-order chi connectivity index (χ0) is 22.3. The van der Waals surface area contributed by atoms with Crippen molar-refractivity contribution < 1.29 is 18.3 Å². The van der Waals surface area contributed by atoms with Crippen LogP contribution in [0, 0.1) is 17.2 Å². The molecule has 1 aromatic rings. The largest absolute Gasteiger partial charge is 0.435 e. The number of halogens is 2. The smallest absolute Gasteiger partial charge is 0.387 e. The quantitative estimate of drug-likeness (QED) is 0.334. The maximum absolute atomic E-state index is 12.2. The lowest BCUT2D eigenvalue weighted by Gasteiger charge is -2.36. The third-order valence-electron chi connectivity index (χ3n) is 5.01. The van der Waals surface area contributed by atoms with E-state index >= 15 is 0 Å². The Morgan fingerprint density at radius 2 is 2.00 bits per heavy atom. The van der Waals surface area contributed by atoms with Crippen LogP contribution in [-0.4, -0.2) is 49.4 Å². The van der Waals surface area contributed by atoms with Crippen LogP contribution in [0.2, 0.25) is 0 Å². The molecule has 0 spiro atoms. The molecule has 0 bridgehead atoms. The van der Waals surface area contributed by atoms with E-state index in [1.54, 1.807) is 0 Å². The summed E-state index contributed by atoms with van der Waals surface area (Å²) in [5.74, 6) is -1.16. The Balaban J connectivity index is 2.12. The fraction of sp³-hybridized carbons (Fsp3) is 0.450. The maximum Gasteiger partial charge on any atom is 0.387 e. The second-order valence-electron chi connectivity index (χ2n) is 7.23.